The van der Waals surface area contributed by atoms with Gasteiger partial charge >= 0.3 is 0 Å². The molecule has 0 aliphatic heterocycles. The van der Waals surface area contributed by atoms with E-state index in [9.17, 15) is 4.39 Å². The van der Waals surface area contributed by atoms with E-state index in [0.717, 1.165) is 21.1 Å². The van der Waals surface area contributed by atoms with Crippen molar-refractivity contribution >= 4 is 11.3 Å². The summed E-state index contributed by atoms with van der Waals surface area (Å²) in [4.78, 5) is 10.1. The minimum Gasteiger partial charge on any atom is -0.297 e. The Kier molecular flexibility index (Phi) is 3.51. The van der Waals surface area contributed by atoms with Crippen LogP contribution in [0.5, 0.6) is 0 Å². The van der Waals surface area contributed by atoms with Gasteiger partial charge in [-0.15, -0.1) is 11.3 Å². The topological polar surface area (TPSA) is 48.1 Å². The molecule has 90 valence electrons. The molecule has 0 fully saturated rings. The minimum atomic E-state index is -0.202. The van der Waals surface area contributed by atoms with Gasteiger partial charge in [0.1, 0.15) is 17.4 Å². The van der Waals surface area contributed by atoms with E-state index in [0.29, 0.717) is 12.2 Å². The van der Waals surface area contributed by atoms with Crippen LogP contribution >= 0.6 is 11.3 Å². The van der Waals surface area contributed by atoms with Crippen molar-refractivity contribution in [3.8, 4) is 11.3 Å². The minimum absolute atomic E-state index is 0.202. The summed E-state index contributed by atoms with van der Waals surface area (Å²) >= 11 is 1.53. The number of halogens is 1. The van der Waals surface area contributed by atoms with Crippen LogP contribution in [0.15, 0.2) is 18.2 Å². The van der Waals surface area contributed by atoms with Crippen molar-refractivity contribution in [2.24, 2.45) is 5.90 Å². The van der Waals surface area contributed by atoms with E-state index < -0.39 is 0 Å². The van der Waals surface area contributed by atoms with Crippen LogP contribution in [0.3, 0.4) is 0 Å². The van der Waals surface area contributed by atoms with Gasteiger partial charge in [-0.25, -0.2) is 15.3 Å². The number of aromatic nitrogens is 1. The van der Waals surface area contributed by atoms with Crippen molar-refractivity contribution in [2.75, 3.05) is 0 Å². The summed E-state index contributed by atoms with van der Waals surface area (Å²) < 4.78 is 13.2. The number of nitrogens with two attached hydrogens (primary N) is 1. The molecular weight excluding hydrogens is 239 g/mol. The summed E-state index contributed by atoms with van der Waals surface area (Å²) in [5.41, 5.74) is 2.40. The molecule has 1 aromatic heterocycles. The maximum absolute atomic E-state index is 13.2. The fourth-order valence-corrected chi connectivity index (χ4v) is 2.52. The number of hydrogen-bond acceptors (Lipinski definition) is 4. The van der Waals surface area contributed by atoms with Crippen molar-refractivity contribution in [1.82, 2.24) is 4.98 Å². The Labute approximate surface area is 103 Å². The van der Waals surface area contributed by atoms with Crippen molar-refractivity contribution in [2.45, 2.75) is 20.5 Å². The van der Waals surface area contributed by atoms with E-state index in [1.807, 2.05) is 6.92 Å². The molecule has 17 heavy (non-hydrogen) atoms. The average molecular weight is 252 g/mol. The number of benzene rings is 1. The van der Waals surface area contributed by atoms with Gasteiger partial charge in [-0.05, 0) is 37.6 Å². The molecule has 1 heterocycles. The van der Waals surface area contributed by atoms with Crippen LogP contribution in [0.1, 0.15) is 15.4 Å². The summed E-state index contributed by atoms with van der Waals surface area (Å²) in [6, 6.07) is 4.99. The molecule has 2 aromatic rings. The molecule has 0 radical (unpaired) electrons. The monoisotopic (exact) mass is 252 g/mol. The largest absolute Gasteiger partial charge is 0.297 e. The summed E-state index contributed by atoms with van der Waals surface area (Å²) in [6.07, 6.45) is 0. The summed E-state index contributed by atoms with van der Waals surface area (Å²) in [5.74, 6) is 4.82. The van der Waals surface area contributed by atoms with E-state index >= 15 is 0 Å². The number of aryl methyl sites for hydroxylation is 2. The molecule has 0 bridgehead atoms. The second-order valence-corrected chi connectivity index (χ2v) is 5.08. The highest BCUT2D eigenvalue weighted by Crippen LogP contribution is 2.28. The first-order valence-electron chi connectivity index (χ1n) is 5.16. The lowest BCUT2D eigenvalue weighted by Crippen LogP contribution is -1.98. The van der Waals surface area contributed by atoms with Gasteiger partial charge in [0.2, 0.25) is 0 Å². The number of thiazole rings is 1. The van der Waals surface area contributed by atoms with Gasteiger partial charge in [0, 0.05) is 10.4 Å². The fraction of sp³-hybridized carbons (Fsp3) is 0.250. The predicted octanol–water partition coefficient (Wildman–Crippen LogP) is 2.96. The molecule has 0 unspecified atom stereocenters. The molecule has 0 saturated heterocycles. The lowest BCUT2D eigenvalue weighted by molar-refractivity contribution is 0.124. The van der Waals surface area contributed by atoms with Crippen LogP contribution in [0.25, 0.3) is 11.3 Å². The highest BCUT2D eigenvalue weighted by molar-refractivity contribution is 7.12. The zero-order chi connectivity index (χ0) is 12.4. The highest BCUT2D eigenvalue weighted by atomic mass is 32.1. The Hall–Kier alpha value is -1.30. The molecule has 0 aliphatic rings. The summed E-state index contributed by atoms with van der Waals surface area (Å²) in [7, 11) is 0. The quantitative estimate of drug-likeness (QED) is 0.854. The van der Waals surface area contributed by atoms with E-state index in [2.05, 4.69) is 9.82 Å². The van der Waals surface area contributed by atoms with Crippen LogP contribution in [0.2, 0.25) is 0 Å². The Morgan fingerprint density at radius 3 is 2.82 bits per heavy atom. The van der Waals surface area contributed by atoms with Crippen molar-refractivity contribution in [3.05, 3.63) is 39.5 Å². The number of hydrogen-bond donors (Lipinski definition) is 1. The number of rotatable bonds is 3. The summed E-state index contributed by atoms with van der Waals surface area (Å²) in [5, 5.41) is 0.821. The Balaban J connectivity index is 2.41. The molecule has 0 spiro atoms. The Morgan fingerprint density at radius 2 is 2.18 bits per heavy atom. The predicted molar refractivity (Wildman–Crippen MR) is 66.0 cm³/mol. The van der Waals surface area contributed by atoms with Crippen LogP contribution in [0.4, 0.5) is 4.39 Å². The molecule has 3 nitrogen and oxygen atoms in total. The third-order valence-electron chi connectivity index (χ3n) is 2.48. The zero-order valence-corrected chi connectivity index (χ0v) is 10.5. The second kappa shape index (κ2) is 4.91. The first-order chi connectivity index (χ1) is 8.11. The molecule has 0 atom stereocenters. The third kappa shape index (κ3) is 2.52. The fourth-order valence-electron chi connectivity index (χ4n) is 1.64. The van der Waals surface area contributed by atoms with Crippen LogP contribution < -0.4 is 5.90 Å². The number of nitrogens with zero attached hydrogens (tertiary/aromatic N) is 1. The van der Waals surface area contributed by atoms with Gasteiger partial charge in [-0.3, -0.25) is 4.84 Å². The van der Waals surface area contributed by atoms with E-state index in [-0.39, 0.29) is 5.82 Å². The molecule has 1 aromatic carbocycles. The van der Waals surface area contributed by atoms with Gasteiger partial charge in [-0.1, -0.05) is 0 Å². The lowest BCUT2D eigenvalue weighted by atomic mass is 10.1. The second-order valence-electron chi connectivity index (χ2n) is 3.79. The zero-order valence-electron chi connectivity index (χ0n) is 9.66. The van der Waals surface area contributed by atoms with Crippen molar-refractivity contribution < 1.29 is 9.23 Å². The highest BCUT2D eigenvalue weighted by Gasteiger charge is 2.10. The van der Waals surface area contributed by atoms with Crippen LogP contribution in [-0.2, 0) is 11.4 Å². The summed E-state index contributed by atoms with van der Waals surface area (Å²) in [6.45, 7) is 4.02. The molecule has 5 heteroatoms. The Morgan fingerprint density at radius 1 is 1.41 bits per heavy atom. The molecule has 0 aliphatic carbocycles. The van der Waals surface area contributed by atoms with Gasteiger partial charge < -0.3 is 0 Å². The molecule has 0 saturated carbocycles. The molecule has 2 N–H and O–H groups in total. The Bertz CT molecular complexity index is 539. The lowest BCUT2D eigenvalue weighted by Gasteiger charge is -2.01. The standard InChI is InChI=1S/C12H13FN2OS/c1-7-5-9(3-4-10(7)13)12-8(2)17-11(15-12)6-16-14/h3-5H,6,14H2,1-2H3. The van der Waals surface area contributed by atoms with Crippen molar-refractivity contribution in [3.63, 3.8) is 0 Å². The average Bonchev–Trinajstić information content (AvgIpc) is 2.64. The molecular formula is C12H13FN2OS. The van der Waals surface area contributed by atoms with Gasteiger partial charge in [0.05, 0.1) is 5.69 Å². The van der Waals surface area contributed by atoms with Crippen LogP contribution in [0, 0.1) is 19.7 Å². The SMILES string of the molecule is Cc1cc(-c2nc(CON)sc2C)ccc1F. The third-order valence-corrected chi connectivity index (χ3v) is 3.42. The van der Waals surface area contributed by atoms with Gasteiger partial charge in [0.25, 0.3) is 0 Å². The van der Waals surface area contributed by atoms with E-state index in [1.165, 1.54) is 17.4 Å². The van der Waals surface area contributed by atoms with Crippen LogP contribution in [-0.4, -0.2) is 4.98 Å². The molecule has 2 rings (SSSR count). The van der Waals surface area contributed by atoms with Gasteiger partial charge in [-0.2, -0.15) is 0 Å². The van der Waals surface area contributed by atoms with E-state index in [1.54, 1.807) is 19.1 Å². The van der Waals surface area contributed by atoms with E-state index in [4.69, 9.17) is 5.90 Å². The van der Waals surface area contributed by atoms with Gasteiger partial charge in [0.15, 0.2) is 0 Å². The maximum atomic E-state index is 13.2. The molecule has 0 amide bonds. The first kappa shape index (κ1) is 12.2. The first-order valence-corrected chi connectivity index (χ1v) is 5.98. The maximum Gasteiger partial charge on any atom is 0.126 e. The van der Waals surface area contributed by atoms with Crippen molar-refractivity contribution in [1.29, 1.82) is 0 Å². The smallest absolute Gasteiger partial charge is 0.126 e. The normalized spacial score (nSPS) is 10.8.